The molecular weight excluding hydrogens is 523 g/mol. The third-order valence-electron chi connectivity index (χ3n) is 3.33. The number of amides is 1. The molecular formula is C19H12BrCl3N2O3S. The maximum Gasteiger partial charge on any atom is 0.277 e. The van der Waals surface area contributed by atoms with E-state index in [1.807, 2.05) is 12.1 Å². The summed E-state index contributed by atoms with van der Waals surface area (Å²) >= 11 is 22.6. The van der Waals surface area contributed by atoms with Gasteiger partial charge >= 0.3 is 0 Å². The molecule has 0 aliphatic heterocycles. The molecule has 150 valence electrons. The van der Waals surface area contributed by atoms with Crippen molar-refractivity contribution in [2.75, 3.05) is 6.61 Å². The highest BCUT2D eigenvalue weighted by Gasteiger charge is 2.10. The Morgan fingerprint density at radius 2 is 1.86 bits per heavy atom. The number of nitrogens with zero attached hydrogens (tertiary/aromatic N) is 1. The lowest BCUT2D eigenvalue weighted by atomic mass is 10.3. The molecule has 0 radical (unpaired) electrons. The topological polar surface area (TPSA) is 63.8 Å². The molecule has 0 spiro atoms. The van der Waals surface area contributed by atoms with Crippen LogP contribution in [0, 0.1) is 0 Å². The summed E-state index contributed by atoms with van der Waals surface area (Å²) in [5.41, 5.74) is 2.36. The number of benzene rings is 2. The lowest BCUT2D eigenvalue weighted by Crippen LogP contribution is -2.24. The summed E-state index contributed by atoms with van der Waals surface area (Å²) in [6, 6.07) is 13.9. The van der Waals surface area contributed by atoms with Gasteiger partial charge in [-0.05, 0) is 58.4 Å². The Hall–Kier alpha value is -1.64. The average Bonchev–Trinajstić information content (AvgIpc) is 3.02. The van der Waals surface area contributed by atoms with E-state index in [2.05, 4.69) is 26.5 Å². The summed E-state index contributed by atoms with van der Waals surface area (Å²) in [6.07, 6.45) is 1.39. The van der Waals surface area contributed by atoms with Gasteiger partial charge in [0.25, 0.3) is 5.91 Å². The highest BCUT2D eigenvalue weighted by atomic mass is 79.9. The van der Waals surface area contributed by atoms with Crippen molar-refractivity contribution in [3.63, 3.8) is 0 Å². The molecule has 1 aromatic heterocycles. The number of furan rings is 1. The number of hydrazone groups is 1. The Bertz CT molecular complexity index is 1040. The van der Waals surface area contributed by atoms with Crippen LogP contribution in [0.5, 0.6) is 5.75 Å². The molecule has 0 fully saturated rings. The number of halogens is 4. The number of nitrogens with one attached hydrogen (secondary N) is 1. The van der Waals surface area contributed by atoms with Crippen molar-refractivity contribution in [2.45, 2.75) is 9.99 Å². The molecule has 0 aliphatic carbocycles. The Morgan fingerprint density at radius 3 is 2.59 bits per heavy atom. The molecule has 1 heterocycles. The Morgan fingerprint density at radius 1 is 1.14 bits per heavy atom. The number of carbonyl (C=O) groups excluding carboxylic acids is 1. The van der Waals surface area contributed by atoms with Crippen molar-refractivity contribution >= 4 is 74.6 Å². The van der Waals surface area contributed by atoms with Crippen molar-refractivity contribution in [3.05, 3.63) is 73.8 Å². The van der Waals surface area contributed by atoms with Crippen molar-refractivity contribution in [3.8, 4) is 5.75 Å². The predicted molar refractivity (Wildman–Crippen MR) is 120 cm³/mol. The Kier molecular flexibility index (Phi) is 7.91. The molecule has 1 amide bonds. The molecule has 0 unspecified atom stereocenters. The summed E-state index contributed by atoms with van der Waals surface area (Å²) in [6.45, 7) is -0.252. The van der Waals surface area contributed by atoms with Crippen LogP contribution in [0.4, 0.5) is 0 Å². The van der Waals surface area contributed by atoms with Gasteiger partial charge in [-0.2, -0.15) is 5.10 Å². The normalized spacial score (nSPS) is 11.0. The minimum absolute atomic E-state index is 0.252. The van der Waals surface area contributed by atoms with E-state index in [0.717, 1.165) is 9.37 Å². The summed E-state index contributed by atoms with van der Waals surface area (Å²) in [4.78, 5) is 12.8. The first kappa shape index (κ1) is 22.1. The lowest BCUT2D eigenvalue weighted by Gasteiger charge is -2.06. The van der Waals surface area contributed by atoms with Gasteiger partial charge in [0.05, 0.1) is 15.7 Å². The molecule has 0 saturated heterocycles. The minimum atomic E-state index is -0.450. The van der Waals surface area contributed by atoms with E-state index in [9.17, 15) is 4.79 Å². The largest absolute Gasteiger partial charge is 0.482 e. The molecule has 5 nitrogen and oxygen atoms in total. The van der Waals surface area contributed by atoms with E-state index < -0.39 is 5.91 Å². The quantitative estimate of drug-likeness (QED) is 0.271. The molecule has 0 atom stereocenters. The fraction of sp³-hybridized carbons (Fsp3) is 0.0526. The fourth-order valence-electron chi connectivity index (χ4n) is 2.05. The molecule has 3 aromatic rings. The average molecular weight is 535 g/mol. The Balaban J connectivity index is 1.52. The van der Waals surface area contributed by atoms with Gasteiger partial charge in [0.15, 0.2) is 11.7 Å². The van der Waals surface area contributed by atoms with Crippen LogP contribution in [-0.2, 0) is 4.79 Å². The van der Waals surface area contributed by atoms with Crippen LogP contribution in [0.3, 0.4) is 0 Å². The van der Waals surface area contributed by atoms with Crippen molar-refractivity contribution in [2.24, 2.45) is 5.10 Å². The number of hydrogen-bond acceptors (Lipinski definition) is 5. The van der Waals surface area contributed by atoms with E-state index in [-0.39, 0.29) is 6.61 Å². The first-order valence-electron chi connectivity index (χ1n) is 8.03. The summed E-state index contributed by atoms with van der Waals surface area (Å²) in [7, 11) is 0. The number of hydrogen-bond donors (Lipinski definition) is 1. The Labute approximate surface area is 194 Å². The first-order valence-corrected chi connectivity index (χ1v) is 10.8. The van der Waals surface area contributed by atoms with Crippen LogP contribution in [0.15, 0.2) is 72.5 Å². The summed E-state index contributed by atoms with van der Waals surface area (Å²) in [5, 5.41) is 5.98. The molecule has 0 aliphatic rings. The van der Waals surface area contributed by atoms with Crippen LogP contribution >= 0.6 is 62.5 Å². The molecule has 29 heavy (non-hydrogen) atoms. The van der Waals surface area contributed by atoms with Crippen molar-refractivity contribution in [1.29, 1.82) is 0 Å². The third-order valence-corrected chi connectivity index (χ3v) is 5.96. The van der Waals surface area contributed by atoms with Gasteiger partial charge in [-0.15, -0.1) is 0 Å². The zero-order valence-corrected chi connectivity index (χ0v) is 19.2. The molecule has 0 bridgehead atoms. The maximum atomic E-state index is 11.9. The van der Waals surface area contributed by atoms with Crippen LogP contribution < -0.4 is 10.2 Å². The van der Waals surface area contributed by atoms with Crippen LogP contribution in [0.2, 0.25) is 15.1 Å². The highest BCUT2D eigenvalue weighted by Crippen LogP contribution is 2.36. The predicted octanol–water partition coefficient (Wildman–Crippen LogP) is 6.68. The monoisotopic (exact) mass is 532 g/mol. The zero-order chi connectivity index (χ0) is 20.8. The van der Waals surface area contributed by atoms with Gasteiger partial charge in [0.1, 0.15) is 11.5 Å². The second kappa shape index (κ2) is 10.4. The van der Waals surface area contributed by atoms with Gasteiger partial charge in [0.2, 0.25) is 0 Å². The smallest absolute Gasteiger partial charge is 0.277 e. The van der Waals surface area contributed by atoms with Crippen LogP contribution in [0.25, 0.3) is 0 Å². The van der Waals surface area contributed by atoms with Crippen LogP contribution in [0.1, 0.15) is 5.76 Å². The van der Waals surface area contributed by atoms with E-state index in [4.69, 9.17) is 44.0 Å². The fourth-order valence-corrected chi connectivity index (χ4v) is 3.97. The standard InChI is InChI=1S/C19H12BrCl3N2O3S/c20-15-8-13(28-19(15)29-14-4-1-11(21)2-5-14)9-24-25-18(26)10-27-17-6-3-12(22)7-16(17)23/h1-9H,10H2,(H,25,26)/b24-9+. The second-order valence-corrected chi connectivity index (χ2v) is 8.68. The number of rotatable bonds is 7. The van der Waals surface area contributed by atoms with Crippen molar-refractivity contribution < 1.29 is 13.9 Å². The van der Waals surface area contributed by atoms with E-state index in [1.54, 1.807) is 30.3 Å². The third kappa shape index (κ3) is 6.69. The SMILES string of the molecule is O=C(COc1ccc(Cl)cc1Cl)N/N=C/c1cc(Br)c(Sc2ccc(Cl)cc2)o1. The molecule has 0 saturated carbocycles. The van der Waals surface area contributed by atoms with Gasteiger partial charge in [-0.3, -0.25) is 4.79 Å². The van der Waals surface area contributed by atoms with Gasteiger partial charge in [-0.1, -0.05) is 46.6 Å². The number of ether oxygens (including phenoxy) is 1. The second-order valence-electron chi connectivity index (χ2n) is 5.50. The highest BCUT2D eigenvalue weighted by molar-refractivity contribution is 9.10. The molecule has 3 rings (SSSR count). The van der Waals surface area contributed by atoms with Gasteiger partial charge in [0, 0.05) is 21.0 Å². The molecule has 2 aromatic carbocycles. The van der Waals surface area contributed by atoms with Gasteiger partial charge < -0.3 is 9.15 Å². The molecule has 1 N–H and O–H groups in total. The lowest BCUT2D eigenvalue weighted by molar-refractivity contribution is -0.123. The molecule has 10 heteroatoms. The first-order chi connectivity index (χ1) is 13.9. The minimum Gasteiger partial charge on any atom is -0.482 e. The van der Waals surface area contributed by atoms with E-state index in [0.29, 0.717) is 31.7 Å². The number of carbonyl (C=O) groups is 1. The zero-order valence-electron chi connectivity index (χ0n) is 14.5. The van der Waals surface area contributed by atoms with E-state index in [1.165, 1.54) is 24.0 Å². The summed E-state index contributed by atoms with van der Waals surface area (Å²) in [5.74, 6) is 0.373. The van der Waals surface area contributed by atoms with Gasteiger partial charge in [-0.25, -0.2) is 5.43 Å². The summed E-state index contributed by atoms with van der Waals surface area (Å²) < 4.78 is 11.8. The maximum absolute atomic E-state index is 11.9. The van der Waals surface area contributed by atoms with Crippen molar-refractivity contribution in [1.82, 2.24) is 5.43 Å². The van der Waals surface area contributed by atoms with E-state index >= 15 is 0 Å². The van der Waals surface area contributed by atoms with Crippen LogP contribution in [-0.4, -0.2) is 18.7 Å².